The second kappa shape index (κ2) is 6.56. The third kappa shape index (κ3) is 5.90. The van der Waals surface area contributed by atoms with E-state index in [-0.39, 0.29) is 23.6 Å². The predicted molar refractivity (Wildman–Crippen MR) is 77.4 cm³/mol. The van der Waals surface area contributed by atoms with Crippen LogP contribution in [0.4, 0.5) is 0 Å². The van der Waals surface area contributed by atoms with Crippen LogP contribution < -0.4 is 5.32 Å². The average Bonchev–Trinajstić information content (AvgIpc) is 2.33. The highest BCUT2D eigenvalue weighted by molar-refractivity contribution is 7.91. The Bertz CT molecular complexity index is 578. The Morgan fingerprint density at radius 1 is 1.40 bits per heavy atom. The van der Waals surface area contributed by atoms with Crippen molar-refractivity contribution >= 4 is 27.3 Å². The summed E-state index contributed by atoms with van der Waals surface area (Å²) in [6.07, 6.45) is -0.162. The molecule has 0 saturated carbocycles. The first-order valence-electron chi connectivity index (χ1n) is 6.07. The van der Waals surface area contributed by atoms with E-state index in [1.165, 1.54) is 12.1 Å². The van der Waals surface area contributed by atoms with Crippen LogP contribution in [-0.2, 0) is 14.6 Å². The molecule has 112 valence electrons. The normalized spacial score (nSPS) is 12.2. The number of benzene rings is 1. The number of halogens is 1. The van der Waals surface area contributed by atoms with Crippen LogP contribution in [0.5, 0.6) is 0 Å². The Hall–Kier alpha value is -1.11. The van der Waals surface area contributed by atoms with Crippen LogP contribution in [0.2, 0.25) is 5.02 Å². The fourth-order valence-corrected chi connectivity index (χ4v) is 2.95. The lowest BCUT2D eigenvalue weighted by Gasteiger charge is -2.17. The maximum absolute atomic E-state index is 12.0. The number of sulfone groups is 1. The number of carbonyl (C=O) groups excluding carboxylic acids is 1. The van der Waals surface area contributed by atoms with Crippen molar-refractivity contribution < 1.29 is 18.3 Å². The topological polar surface area (TPSA) is 83.5 Å². The van der Waals surface area contributed by atoms with Gasteiger partial charge in [-0.05, 0) is 32.0 Å². The molecule has 0 fully saturated rings. The predicted octanol–water partition coefficient (Wildman–Crippen LogP) is 1.39. The summed E-state index contributed by atoms with van der Waals surface area (Å²) in [5.74, 6) is -0.719. The Kier molecular flexibility index (Phi) is 5.56. The quantitative estimate of drug-likeness (QED) is 0.830. The van der Waals surface area contributed by atoms with Crippen molar-refractivity contribution in [1.82, 2.24) is 5.32 Å². The minimum Gasteiger partial charge on any atom is -0.389 e. The van der Waals surface area contributed by atoms with Crippen molar-refractivity contribution in [3.8, 4) is 0 Å². The van der Waals surface area contributed by atoms with Crippen molar-refractivity contribution in [2.24, 2.45) is 0 Å². The lowest BCUT2D eigenvalue weighted by molar-refractivity contribution is -0.121. The zero-order chi connectivity index (χ0) is 15.4. The van der Waals surface area contributed by atoms with Crippen LogP contribution >= 0.6 is 11.6 Å². The highest BCUT2D eigenvalue weighted by Gasteiger charge is 2.18. The van der Waals surface area contributed by atoms with E-state index in [9.17, 15) is 18.3 Å². The van der Waals surface area contributed by atoms with Gasteiger partial charge in [0.1, 0.15) is 0 Å². The minimum absolute atomic E-state index is 0.0725. The number of hydrogen-bond acceptors (Lipinski definition) is 4. The summed E-state index contributed by atoms with van der Waals surface area (Å²) in [5, 5.41) is 12.3. The lowest BCUT2D eigenvalue weighted by atomic mass is 10.1. The first-order chi connectivity index (χ1) is 9.10. The summed E-state index contributed by atoms with van der Waals surface area (Å²) in [6, 6.07) is 5.92. The first kappa shape index (κ1) is 16.9. The van der Waals surface area contributed by atoms with E-state index in [0.29, 0.717) is 5.02 Å². The standard InChI is InChI=1S/C13H18ClNO4S/c1-13(2,17)9-15-12(16)6-7-20(18,19)11-5-3-4-10(14)8-11/h3-5,8,17H,6-7,9H2,1-2H3,(H,15,16). The summed E-state index contributed by atoms with van der Waals surface area (Å²) < 4.78 is 24.0. The van der Waals surface area contributed by atoms with Gasteiger partial charge in [0, 0.05) is 18.0 Å². The molecular formula is C13H18ClNO4S. The van der Waals surface area contributed by atoms with Crippen molar-refractivity contribution in [3.63, 3.8) is 0 Å². The smallest absolute Gasteiger partial charge is 0.221 e. The minimum atomic E-state index is -3.54. The van der Waals surface area contributed by atoms with E-state index in [2.05, 4.69) is 5.32 Å². The molecule has 0 aliphatic heterocycles. The van der Waals surface area contributed by atoms with Crippen molar-refractivity contribution in [2.75, 3.05) is 12.3 Å². The van der Waals surface area contributed by atoms with Crippen molar-refractivity contribution in [3.05, 3.63) is 29.3 Å². The second-order valence-corrected chi connectivity index (χ2v) is 7.66. The summed E-state index contributed by atoms with van der Waals surface area (Å²) in [4.78, 5) is 11.6. The Balaban J connectivity index is 2.58. The zero-order valence-corrected chi connectivity index (χ0v) is 13.0. The first-order valence-corrected chi connectivity index (χ1v) is 8.11. The van der Waals surface area contributed by atoms with Gasteiger partial charge in [-0.3, -0.25) is 4.79 Å². The van der Waals surface area contributed by atoms with Gasteiger partial charge in [0.2, 0.25) is 5.91 Å². The van der Waals surface area contributed by atoms with Crippen LogP contribution in [0, 0.1) is 0 Å². The van der Waals surface area contributed by atoms with Crippen LogP contribution in [0.15, 0.2) is 29.2 Å². The fourth-order valence-electron chi connectivity index (χ4n) is 1.41. The molecule has 1 rings (SSSR count). The molecule has 1 aromatic rings. The fraction of sp³-hybridized carbons (Fsp3) is 0.462. The van der Waals surface area contributed by atoms with E-state index in [4.69, 9.17) is 11.6 Å². The molecule has 0 unspecified atom stereocenters. The second-order valence-electron chi connectivity index (χ2n) is 5.12. The average molecular weight is 320 g/mol. The molecule has 0 radical (unpaired) electrons. The molecule has 7 heteroatoms. The molecular weight excluding hydrogens is 302 g/mol. The Morgan fingerprint density at radius 2 is 2.05 bits per heavy atom. The molecule has 0 bridgehead atoms. The summed E-state index contributed by atoms with van der Waals surface area (Å²) in [6.45, 7) is 3.18. The number of hydrogen-bond donors (Lipinski definition) is 2. The third-order valence-corrected chi connectivity index (χ3v) is 4.42. The Morgan fingerprint density at radius 3 is 2.60 bits per heavy atom. The molecule has 5 nitrogen and oxygen atoms in total. The molecule has 1 amide bonds. The van der Waals surface area contributed by atoms with Crippen molar-refractivity contribution in [1.29, 1.82) is 0 Å². The molecule has 0 aliphatic carbocycles. The van der Waals surface area contributed by atoms with E-state index in [1.807, 2.05) is 0 Å². The monoisotopic (exact) mass is 319 g/mol. The molecule has 0 spiro atoms. The van der Waals surface area contributed by atoms with Crippen LogP contribution in [-0.4, -0.2) is 37.3 Å². The summed E-state index contributed by atoms with van der Waals surface area (Å²) >= 11 is 5.74. The molecule has 0 heterocycles. The molecule has 20 heavy (non-hydrogen) atoms. The van der Waals surface area contributed by atoms with Gasteiger partial charge < -0.3 is 10.4 Å². The van der Waals surface area contributed by atoms with Gasteiger partial charge in [-0.1, -0.05) is 17.7 Å². The van der Waals surface area contributed by atoms with E-state index < -0.39 is 21.3 Å². The maximum Gasteiger partial charge on any atom is 0.221 e. The lowest BCUT2D eigenvalue weighted by Crippen LogP contribution is -2.38. The maximum atomic E-state index is 12.0. The third-order valence-electron chi connectivity index (χ3n) is 2.47. The van der Waals surface area contributed by atoms with Gasteiger partial charge in [-0.2, -0.15) is 0 Å². The van der Waals surface area contributed by atoms with Crippen molar-refractivity contribution in [2.45, 2.75) is 30.8 Å². The van der Waals surface area contributed by atoms with Gasteiger partial charge in [0.15, 0.2) is 9.84 Å². The molecule has 2 N–H and O–H groups in total. The van der Waals surface area contributed by atoms with Gasteiger partial charge in [0.05, 0.1) is 16.2 Å². The number of nitrogens with one attached hydrogen (secondary N) is 1. The number of amides is 1. The molecule has 1 aromatic carbocycles. The summed E-state index contributed by atoms with van der Waals surface area (Å²) in [7, 11) is -3.54. The van der Waals surface area contributed by atoms with E-state index in [0.717, 1.165) is 0 Å². The Labute approximate surface area is 123 Å². The van der Waals surface area contributed by atoms with E-state index >= 15 is 0 Å². The largest absolute Gasteiger partial charge is 0.389 e. The summed E-state index contributed by atoms with van der Waals surface area (Å²) in [5.41, 5.74) is -1.03. The molecule has 0 aliphatic rings. The molecule has 0 atom stereocenters. The zero-order valence-electron chi connectivity index (χ0n) is 11.4. The van der Waals surface area contributed by atoms with Gasteiger partial charge in [-0.25, -0.2) is 8.42 Å². The molecule has 0 aromatic heterocycles. The van der Waals surface area contributed by atoms with Crippen LogP contribution in [0.1, 0.15) is 20.3 Å². The highest BCUT2D eigenvalue weighted by atomic mass is 35.5. The van der Waals surface area contributed by atoms with Gasteiger partial charge >= 0.3 is 0 Å². The van der Waals surface area contributed by atoms with Crippen LogP contribution in [0.25, 0.3) is 0 Å². The number of aliphatic hydroxyl groups is 1. The van der Waals surface area contributed by atoms with Crippen LogP contribution in [0.3, 0.4) is 0 Å². The number of rotatable bonds is 6. The van der Waals surface area contributed by atoms with E-state index in [1.54, 1.807) is 26.0 Å². The van der Waals surface area contributed by atoms with Gasteiger partial charge in [-0.15, -0.1) is 0 Å². The SMILES string of the molecule is CC(C)(O)CNC(=O)CCS(=O)(=O)c1cccc(Cl)c1. The number of carbonyl (C=O) groups is 1. The van der Waals surface area contributed by atoms with Gasteiger partial charge in [0.25, 0.3) is 0 Å². The highest BCUT2D eigenvalue weighted by Crippen LogP contribution is 2.17. The molecule has 0 saturated heterocycles.